The molecule has 0 saturated carbocycles. The molecule has 1 aromatic heterocycles. The average molecular weight is 298 g/mol. The van der Waals surface area contributed by atoms with Gasteiger partial charge >= 0.3 is 0 Å². The summed E-state index contributed by atoms with van der Waals surface area (Å²) >= 11 is 3.36. The van der Waals surface area contributed by atoms with Gasteiger partial charge in [-0.15, -0.1) is 0 Å². The van der Waals surface area contributed by atoms with E-state index in [1.54, 1.807) is 22.9 Å². The molecule has 0 aliphatic heterocycles. The van der Waals surface area contributed by atoms with Gasteiger partial charge in [0.05, 0.1) is 16.2 Å². The molecule has 0 aliphatic carbocycles. The summed E-state index contributed by atoms with van der Waals surface area (Å²) in [6, 6.07) is 6.41. The van der Waals surface area contributed by atoms with Gasteiger partial charge in [-0.2, -0.15) is 5.10 Å². The van der Waals surface area contributed by atoms with Crippen LogP contribution in [0.25, 0.3) is 0 Å². The van der Waals surface area contributed by atoms with Gasteiger partial charge < -0.3 is 5.73 Å². The van der Waals surface area contributed by atoms with Gasteiger partial charge in [0, 0.05) is 5.56 Å². The molecule has 0 aliphatic rings. The van der Waals surface area contributed by atoms with Gasteiger partial charge in [0.2, 0.25) is 0 Å². The van der Waals surface area contributed by atoms with Crippen LogP contribution in [0.5, 0.6) is 0 Å². The van der Waals surface area contributed by atoms with Gasteiger partial charge in [0.15, 0.2) is 0 Å². The van der Waals surface area contributed by atoms with Crippen molar-refractivity contribution >= 4 is 21.7 Å². The normalized spacial score (nSPS) is 12.7. The Hall–Kier alpha value is -1.36. The van der Waals surface area contributed by atoms with Crippen molar-refractivity contribution in [1.82, 2.24) is 9.78 Å². The molecule has 1 aromatic carbocycles. The molecule has 2 N–H and O–H groups in total. The SMILES string of the molecule is Cc1nn(C(C)c2ccccc2F)c(N)c1Br. The van der Waals surface area contributed by atoms with Crippen molar-refractivity contribution in [1.29, 1.82) is 0 Å². The van der Waals surface area contributed by atoms with Crippen LogP contribution in [0.1, 0.15) is 24.2 Å². The number of aryl methyl sites for hydroxylation is 1. The van der Waals surface area contributed by atoms with Gasteiger partial charge in [-0.05, 0) is 35.8 Å². The molecule has 0 amide bonds. The lowest BCUT2D eigenvalue weighted by atomic mass is 10.1. The lowest BCUT2D eigenvalue weighted by molar-refractivity contribution is 0.524. The Morgan fingerprint density at radius 3 is 2.59 bits per heavy atom. The fourth-order valence-corrected chi connectivity index (χ4v) is 2.05. The minimum Gasteiger partial charge on any atom is -0.383 e. The Bertz CT molecular complexity index is 551. The van der Waals surface area contributed by atoms with Gasteiger partial charge in [0.25, 0.3) is 0 Å². The largest absolute Gasteiger partial charge is 0.383 e. The van der Waals surface area contributed by atoms with Crippen molar-refractivity contribution in [2.45, 2.75) is 19.9 Å². The third kappa shape index (κ3) is 2.07. The van der Waals surface area contributed by atoms with Gasteiger partial charge in [0.1, 0.15) is 11.6 Å². The van der Waals surface area contributed by atoms with E-state index >= 15 is 0 Å². The van der Waals surface area contributed by atoms with Crippen molar-refractivity contribution in [3.05, 3.63) is 45.8 Å². The summed E-state index contributed by atoms with van der Waals surface area (Å²) in [5.74, 6) is 0.266. The summed E-state index contributed by atoms with van der Waals surface area (Å²) < 4.78 is 16.1. The smallest absolute Gasteiger partial charge is 0.137 e. The van der Waals surface area contributed by atoms with E-state index < -0.39 is 0 Å². The van der Waals surface area contributed by atoms with Crippen LogP contribution in [0.4, 0.5) is 10.2 Å². The number of hydrogen-bond acceptors (Lipinski definition) is 2. The molecule has 0 radical (unpaired) electrons. The molecule has 0 spiro atoms. The van der Waals surface area contributed by atoms with Crippen molar-refractivity contribution in [2.24, 2.45) is 0 Å². The summed E-state index contributed by atoms with van der Waals surface area (Å²) in [4.78, 5) is 0. The number of rotatable bonds is 2. The van der Waals surface area contributed by atoms with Crippen molar-refractivity contribution in [3.63, 3.8) is 0 Å². The number of halogens is 2. The van der Waals surface area contributed by atoms with Crippen LogP contribution in [0.2, 0.25) is 0 Å². The van der Waals surface area contributed by atoms with E-state index in [0.717, 1.165) is 10.2 Å². The summed E-state index contributed by atoms with van der Waals surface area (Å²) in [5.41, 5.74) is 7.30. The molecule has 0 bridgehead atoms. The molecular formula is C12H13BrFN3. The highest BCUT2D eigenvalue weighted by molar-refractivity contribution is 9.10. The molecular weight excluding hydrogens is 285 g/mol. The Balaban J connectivity index is 2.48. The highest BCUT2D eigenvalue weighted by Crippen LogP contribution is 2.29. The van der Waals surface area contributed by atoms with Gasteiger partial charge in [-0.25, -0.2) is 9.07 Å². The van der Waals surface area contributed by atoms with E-state index in [1.165, 1.54) is 6.07 Å². The van der Waals surface area contributed by atoms with Crippen LogP contribution in [-0.4, -0.2) is 9.78 Å². The molecule has 17 heavy (non-hydrogen) atoms. The lowest BCUT2D eigenvalue weighted by Gasteiger charge is -2.15. The number of nitrogens with zero attached hydrogens (tertiary/aromatic N) is 2. The first kappa shape index (κ1) is 12.1. The minimum absolute atomic E-state index is 0.235. The number of hydrogen-bond donors (Lipinski definition) is 1. The molecule has 1 atom stereocenters. The molecule has 2 rings (SSSR count). The first-order valence-electron chi connectivity index (χ1n) is 5.27. The summed E-state index contributed by atoms with van der Waals surface area (Å²) in [6.45, 7) is 3.72. The Labute approximate surface area is 108 Å². The summed E-state index contributed by atoms with van der Waals surface area (Å²) in [7, 11) is 0. The number of nitrogens with two attached hydrogens (primary N) is 1. The summed E-state index contributed by atoms with van der Waals surface area (Å²) in [5, 5.41) is 4.31. The van der Waals surface area contributed by atoms with Crippen LogP contribution in [0, 0.1) is 12.7 Å². The predicted octanol–water partition coefficient (Wildman–Crippen LogP) is 3.28. The number of benzene rings is 1. The molecule has 1 unspecified atom stereocenters. The van der Waals surface area contributed by atoms with Crippen LogP contribution in [-0.2, 0) is 0 Å². The fourth-order valence-electron chi connectivity index (χ4n) is 1.79. The second-order valence-electron chi connectivity index (χ2n) is 3.93. The maximum absolute atomic E-state index is 13.7. The first-order valence-corrected chi connectivity index (χ1v) is 6.06. The predicted molar refractivity (Wildman–Crippen MR) is 69.3 cm³/mol. The quantitative estimate of drug-likeness (QED) is 0.924. The maximum Gasteiger partial charge on any atom is 0.137 e. The Kier molecular flexibility index (Phi) is 3.19. The topological polar surface area (TPSA) is 43.8 Å². The third-order valence-electron chi connectivity index (χ3n) is 2.77. The van der Waals surface area contributed by atoms with Gasteiger partial charge in [-0.3, -0.25) is 0 Å². The molecule has 2 aromatic rings. The Morgan fingerprint density at radius 1 is 1.41 bits per heavy atom. The molecule has 3 nitrogen and oxygen atoms in total. The van der Waals surface area contributed by atoms with Crippen molar-refractivity contribution < 1.29 is 4.39 Å². The number of aromatic nitrogens is 2. The highest BCUT2D eigenvalue weighted by atomic mass is 79.9. The zero-order valence-corrected chi connectivity index (χ0v) is 11.2. The highest BCUT2D eigenvalue weighted by Gasteiger charge is 2.18. The standard InChI is InChI=1S/C12H13BrFN3/c1-7-11(13)12(15)17(16-7)8(2)9-5-3-4-6-10(9)14/h3-6,8H,15H2,1-2H3. The zero-order valence-electron chi connectivity index (χ0n) is 9.61. The van der Waals surface area contributed by atoms with E-state index in [2.05, 4.69) is 21.0 Å². The summed E-state index contributed by atoms with van der Waals surface area (Å²) in [6.07, 6.45) is 0. The lowest BCUT2D eigenvalue weighted by Crippen LogP contribution is -2.13. The van der Waals surface area contributed by atoms with E-state index in [-0.39, 0.29) is 11.9 Å². The Morgan fingerprint density at radius 2 is 2.06 bits per heavy atom. The number of nitrogen functional groups attached to an aromatic ring is 1. The van der Waals surface area contributed by atoms with Crippen LogP contribution < -0.4 is 5.73 Å². The molecule has 90 valence electrons. The van der Waals surface area contributed by atoms with E-state index in [9.17, 15) is 4.39 Å². The van der Waals surface area contributed by atoms with Crippen LogP contribution in [0.3, 0.4) is 0 Å². The second kappa shape index (κ2) is 4.49. The van der Waals surface area contributed by atoms with E-state index in [4.69, 9.17) is 5.73 Å². The molecule has 0 saturated heterocycles. The van der Waals surface area contributed by atoms with E-state index in [1.807, 2.05) is 13.8 Å². The second-order valence-corrected chi connectivity index (χ2v) is 4.72. The van der Waals surface area contributed by atoms with E-state index in [0.29, 0.717) is 11.4 Å². The zero-order chi connectivity index (χ0) is 12.6. The minimum atomic E-state index is -0.247. The molecule has 5 heteroatoms. The average Bonchev–Trinajstić information content (AvgIpc) is 2.57. The molecule has 1 heterocycles. The number of anilines is 1. The van der Waals surface area contributed by atoms with Crippen molar-refractivity contribution in [2.75, 3.05) is 5.73 Å². The first-order chi connectivity index (χ1) is 8.02. The van der Waals surface area contributed by atoms with Crippen molar-refractivity contribution in [3.8, 4) is 0 Å². The molecule has 0 fully saturated rings. The third-order valence-corrected chi connectivity index (χ3v) is 3.75. The van der Waals surface area contributed by atoms with Crippen LogP contribution >= 0.6 is 15.9 Å². The maximum atomic E-state index is 13.7. The monoisotopic (exact) mass is 297 g/mol. The van der Waals surface area contributed by atoms with Gasteiger partial charge in [-0.1, -0.05) is 18.2 Å². The van der Waals surface area contributed by atoms with Crippen LogP contribution in [0.15, 0.2) is 28.7 Å². The fraction of sp³-hybridized carbons (Fsp3) is 0.250.